The molecule has 2 rings (SSSR count). The van der Waals surface area contributed by atoms with Gasteiger partial charge in [0.05, 0.1) is 11.8 Å². The highest BCUT2D eigenvalue weighted by atomic mass is 16.5. The summed E-state index contributed by atoms with van der Waals surface area (Å²) in [7, 11) is 0. The molecule has 0 unspecified atom stereocenters. The maximum absolute atomic E-state index is 13.2. The Morgan fingerprint density at radius 2 is 1.72 bits per heavy atom. The first-order valence-electron chi connectivity index (χ1n) is 11.1. The number of carbonyl (C=O) groups excluding carboxylic acids is 4. The van der Waals surface area contributed by atoms with Gasteiger partial charge in [0, 0.05) is 0 Å². The van der Waals surface area contributed by atoms with Crippen LogP contribution < -0.4 is 16.2 Å². The fraction of sp³-hybridized carbons (Fsp3) is 0.565. The molecule has 0 aliphatic carbocycles. The summed E-state index contributed by atoms with van der Waals surface area (Å²) < 4.78 is 0. The van der Waals surface area contributed by atoms with E-state index in [-0.39, 0.29) is 11.8 Å². The summed E-state index contributed by atoms with van der Waals surface area (Å²) in [6.45, 7) is 7.43. The Bertz CT molecular complexity index is 812. The molecule has 0 aromatic heterocycles. The number of rotatable bonds is 11. The van der Waals surface area contributed by atoms with Crippen molar-refractivity contribution >= 4 is 23.8 Å². The summed E-state index contributed by atoms with van der Waals surface area (Å²) in [6.07, 6.45) is 2.06. The lowest BCUT2D eigenvalue weighted by molar-refractivity contribution is -0.145. The van der Waals surface area contributed by atoms with E-state index in [1.807, 2.05) is 44.2 Å². The van der Waals surface area contributed by atoms with Gasteiger partial charge in [0.2, 0.25) is 11.8 Å². The van der Waals surface area contributed by atoms with Crippen LogP contribution in [0.5, 0.6) is 0 Å². The number of amides is 5. The monoisotopic (exact) mass is 446 g/mol. The van der Waals surface area contributed by atoms with Gasteiger partial charge >= 0.3 is 6.03 Å². The van der Waals surface area contributed by atoms with Crippen LogP contribution in [-0.4, -0.2) is 40.0 Å². The highest BCUT2D eigenvalue weighted by Gasteiger charge is 2.43. The Morgan fingerprint density at radius 1 is 1.06 bits per heavy atom. The van der Waals surface area contributed by atoms with Crippen molar-refractivity contribution in [1.29, 1.82) is 0 Å². The van der Waals surface area contributed by atoms with Gasteiger partial charge in [-0.3, -0.25) is 25.0 Å². The number of imide groups is 1. The van der Waals surface area contributed by atoms with E-state index >= 15 is 0 Å². The van der Waals surface area contributed by atoms with E-state index < -0.39 is 41.6 Å². The molecule has 32 heavy (non-hydrogen) atoms. The van der Waals surface area contributed by atoms with Gasteiger partial charge in [0.25, 0.3) is 5.91 Å². The fourth-order valence-corrected chi connectivity index (χ4v) is 3.98. The Labute approximate surface area is 188 Å². The molecular weight excluding hydrogens is 412 g/mol. The predicted molar refractivity (Wildman–Crippen MR) is 118 cm³/mol. The van der Waals surface area contributed by atoms with Crippen LogP contribution in [0.4, 0.5) is 4.79 Å². The highest BCUT2D eigenvalue weighted by Crippen LogP contribution is 2.27. The van der Waals surface area contributed by atoms with Crippen molar-refractivity contribution in [3.05, 3.63) is 35.9 Å². The molecule has 0 spiro atoms. The minimum absolute atomic E-state index is 0.0698. The molecular formula is C23H34N4O5. The topological polar surface area (TPSA) is 128 Å². The summed E-state index contributed by atoms with van der Waals surface area (Å²) in [4.78, 5) is 50.4. The zero-order valence-corrected chi connectivity index (χ0v) is 19.1. The van der Waals surface area contributed by atoms with Crippen LogP contribution >= 0.6 is 0 Å². The average molecular weight is 447 g/mol. The van der Waals surface area contributed by atoms with Crippen molar-refractivity contribution in [3.63, 3.8) is 0 Å². The maximum Gasteiger partial charge on any atom is 0.344 e. The van der Waals surface area contributed by atoms with E-state index in [1.54, 1.807) is 19.3 Å². The van der Waals surface area contributed by atoms with Gasteiger partial charge in [-0.15, -0.1) is 0 Å². The zero-order valence-electron chi connectivity index (χ0n) is 19.1. The molecule has 0 saturated carbocycles. The van der Waals surface area contributed by atoms with Crippen molar-refractivity contribution in [1.82, 2.24) is 21.2 Å². The number of hydrogen-bond acceptors (Lipinski definition) is 5. The standard InChI is InChI=1S/C23H34N4O5/c1-14(2)13-18(20(28)25-27-22(30)19(15(3)4)24-23(27)31)17(21(29)26-32)12-8-11-16-9-6-5-7-10-16/h5-7,9-10,14-15,17-19,32H,8,11-13H2,1-4H3,(H,24,31)(H,25,28)(H,26,29)/t17-,18+,19-/m0/s1. The Kier molecular flexibility index (Phi) is 9.19. The molecule has 1 fully saturated rings. The van der Waals surface area contributed by atoms with Gasteiger partial charge in [0.1, 0.15) is 6.04 Å². The number of nitrogens with zero attached hydrogens (tertiary/aromatic N) is 1. The van der Waals surface area contributed by atoms with Gasteiger partial charge < -0.3 is 5.32 Å². The van der Waals surface area contributed by atoms with Crippen molar-refractivity contribution in [2.24, 2.45) is 23.7 Å². The largest absolute Gasteiger partial charge is 0.344 e. The minimum Gasteiger partial charge on any atom is -0.324 e. The van der Waals surface area contributed by atoms with Crippen LogP contribution in [0.25, 0.3) is 0 Å². The van der Waals surface area contributed by atoms with Crippen molar-refractivity contribution in [2.75, 3.05) is 0 Å². The van der Waals surface area contributed by atoms with Gasteiger partial charge in [-0.1, -0.05) is 58.0 Å². The molecule has 1 saturated heterocycles. The quantitative estimate of drug-likeness (QED) is 0.236. The molecule has 176 valence electrons. The van der Waals surface area contributed by atoms with Crippen LogP contribution in [0.2, 0.25) is 0 Å². The number of urea groups is 1. The third kappa shape index (κ3) is 6.53. The first-order valence-corrected chi connectivity index (χ1v) is 11.1. The molecule has 0 bridgehead atoms. The number of hydrogen-bond donors (Lipinski definition) is 4. The van der Waals surface area contributed by atoms with E-state index in [2.05, 4.69) is 10.7 Å². The van der Waals surface area contributed by atoms with Gasteiger partial charge in [-0.25, -0.2) is 10.3 Å². The number of carbonyl (C=O) groups is 4. The second-order valence-corrected chi connectivity index (χ2v) is 9.02. The molecule has 3 atom stereocenters. The van der Waals surface area contributed by atoms with Crippen LogP contribution in [0.1, 0.15) is 52.5 Å². The van der Waals surface area contributed by atoms with E-state index in [1.165, 1.54) is 0 Å². The van der Waals surface area contributed by atoms with Crippen LogP contribution in [0.15, 0.2) is 30.3 Å². The number of hydroxylamine groups is 1. The lowest BCUT2D eigenvalue weighted by Crippen LogP contribution is -2.51. The number of aryl methyl sites for hydroxylation is 1. The Morgan fingerprint density at radius 3 is 2.25 bits per heavy atom. The van der Waals surface area contributed by atoms with Gasteiger partial charge in [-0.05, 0) is 43.1 Å². The molecule has 1 aromatic rings. The molecule has 9 heteroatoms. The van der Waals surface area contributed by atoms with Crippen molar-refractivity contribution in [3.8, 4) is 0 Å². The summed E-state index contributed by atoms with van der Waals surface area (Å²) in [6, 6.07) is 8.36. The molecule has 5 amide bonds. The molecule has 1 aromatic carbocycles. The van der Waals surface area contributed by atoms with Gasteiger partial charge in [0.15, 0.2) is 0 Å². The Hall–Kier alpha value is -2.94. The second kappa shape index (κ2) is 11.6. The van der Waals surface area contributed by atoms with Crippen LogP contribution in [0.3, 0.4) is 0 Å². The fourth-order valence-electron chi connectivity index (χ4n) is 3.98. The average Bonchev–Trinajstić information content (AvgIpc) is 3.04. The molecule has 4 N–H and O–H groups in total. The van der Waals surface area contributed by atoms with Crippen LogP contribution in [-0.2, 0) is 20.8 Å². The lowest BCUT2D eigenvalue weighted by Gasteiger charge is -2.27. The van der Waals surface area contributed by atoms with Crippen molar-refractivity contribution in [2.45, 2.75) is 59.4 Å². The van der Waals surface area contributed by atoms with E-state index in [4.69, 9.17) is 0 Å². The first-order chi connectivity index (χ1) is 15.1. The molecule has 0 radical (unpaired) electrons. The summed E-state index contributed by atoms with van der Waals surface area (Å²) in [5.41, 5.74) is 5.19. The Balaban J connectivity index is 2.15. The predicted octanol–water partition coefficient (Wildman–Crippen LogP) is 2.40. The summed E-state index contributed by atoms with van der Waals surface area (Å²) in [5, 5.41) is 12.5. The van der Waals surface area contributed by atoms with Crippen molar-refractivity contribution < 1.29 is 24.4 Å². The van der Waals surface area contributed by atoms with Crippen LogP contribution in [0, 0.1) is 23.7 Å². The summed E-state index contributed by atoms with van der Waals surface area (Å²) >= 11 is 0. The second-order valence-electron chi connectivity index (χ2n) is 9.02. The number of benzene rings is 1. The highest BCUT2D eigenvalue weighted by molar-refractivity contribution is 6.05. The third-order valence-corrected chi connectivity index (χ3v) is 5.68. The smallest absolute Gasteiger partial charge is 0.324 e. The third-order valence-electron chi connectivity index (χ3n) is 5.68. The SMILES string of the molecule is CC(C)C[C@@H](C(=O)NN1C(=O)N[C@@H](C(C)C)C1=O)[C@H](CCCc1ccccc1)C(=O)NO. The first kappa shape index (κ1) is 25.3. The molecule has 1 heterocycles. The van der Waals surface area contributed by atoms with E-state index in [9.17, 15) is 24.4 Å². The zero-order chi connectivity index (χ0) is 23.8. The van der Waals surface area contributed by atoms with E-state index in [0.717, 1.165) is 12.0 Å². The van der Waals surface area contributed by atoms with E-state index in [0.29, 0.717) is 24.3 Å². The maximum atomic E-state index is 13.2. The minimum atomic E-state index is -0.823. The molecule has 1 aliphatic rings. The number of nitrogens with one attached hydrogen (secondary N) is 3. The summed E-state index contributed by atoms with van der Waals surface area (Å²) in [5.74, 6) is -3.49. The molecule has 9 nitrogen and oxygen atoms in total. The molecule has 1 aliphatic heterocycles. The normalized spacial score (nSPS) is 18.0. The number of hydrazine groups is 1. The van der Waals surface area contributed by atoms with Gasteiger partial charge in [-0.2, -0.15) is 5.01 Å². The lowest BCUT2D eigenvalue weighted by atomic mass is 9.81.